The zero-order chi connectivity index (χ0) is 15.0. The monoisotopic (exact) mass is 297 g/mol. The van der Waals surface area contributed by atoms with Gasteiger partial charge in [-0.25, -0.2) is 18.2 Å². The summed E-state index contributed by atoms with van der Waals surface area (Å²) in [7, 11) is 0. The molecule has 0 radical (unpaired) electrons. The smallest absolute Gasteiger partial charge is 0.266 e. The van der Waals surface area contributed by atoms with Crippen LogP contribution in [0.25, 0.3) is 0 Å². The summed E-state index contributed by atoms with van der Waals surface area (Å²) in [6, 6.07) is 1.94. The van der Waals surface area contributed by atoms with Crippen LogP contribution in [0.1, 0.15) is 37.7 Å². The number of nitrogens with one attached hydrogen (secondary N) is 2. The molecule has 1 aromatic rings. The van der Waals surface area contributed by atoms with E-state index in [1.807, 2.05) is 0 Å². The number of hydrogen-bond donors (Lipinski definition) is 2. The standard InChI is InChI=1S/C14H14F3N3O/c15-9-5-4-8(10(16)11(9)17)12-18-14(13(21)20-19-12)6-2-1-3-7-14/h4-5H,1-3,6-7H2,(H,18,19)(H,20,21). The summed E-state index contributed by atoms with van der Waals surface area (Å²) in [4.78, 5) is 16.4. The Morgan fingerprint density at radius 2 is 1.71 bits per heavy atom. The molecule has 0 bridgehead atoms. The van der Waals surface area contributed by atoms with Crippen LogP contribution >= 0.6 is 0 Å². The van der Waals surface area contributed by atoms with Crippen molar-refractivity contribution in [3.8, 4) is 0 Å². The molecule has 112 valence electrons. The maximum Gasteiger partial charge on any atom is 0.266 e. The third kappa shape index (κ3) is 2.26. The van der Waals surface area contributed by atoms with Crippen molar-refractivity contribution in [2.45, 2.75) is 37.6 Å². The van der Waals surface area contributed by atoms with Gasteiger partial charge in [0.15, 0.2) is 23.3 Å². The number of amidine groups is 1. The van der Waals surface area contributed by atoms with Gasteiger partial charge in [0, 0.05) is 0 Å². The molecule has 2 N–H and O–H groups in total. The molecule has 0 atom stereocenters. The van der Waals surface area contributed by atoms with Crippen molar-refractivity contribution in [1.29, 1.82) is 0 Å². The molecule has 21 heavy (non-hydrogen) atoms. The summed E-state index contributed by atoms with van der Waals surface area (Å²) in [5.74, 6) is -4.37. The highest BCUT2D eigenvalue weighted by Gasteiger charge is 2.42. The molecule has 1 saturated carbocycles. The van der Waals surface area contributed by atoms with E-state index in [0.717, 1.165) is 31.4 Å². The minimum Gasteiger partial charge on any atom is -0.281 e. The Hall–Kier alpha value is -2.05. The molecule has 7 heteroatoms. The van der Waals surface area contributed by atoms with Gasteiger partial charge in [-0.3, -0.25) is 15.6 Å². The first-order valence-electron chi connectivity index (χ1n) is 6.84. The van der Waals surface area contributed by atoms with E-state index in [1.165, 1.54) is 0 Å². The van der Waals surface area contributed by atoms with Crippen LogP contribution in [0.4, 0.5) is 13.2 Å². The Labute approximate surface area is 119 Å². The first kappa shape index (κ1) is 13.9. The second kappa shape index (κ2) is 5.05. The molecule has 1 fully saturated rings. The van der Waals surface area contributed by atoms with Gasteiger partial charge in [0.2, 0.25) is 0 Å². The van der Waals surface area contributed by atoms with Gasteiger partial charge < -0.3 is 0 Å². The van der Waals surface area contributed by atoms with E-state index in [0.29, 0.717) is 12.8 Å². The zero-order valence-corrected chi connectivity index (χ0v) is 11.2. The van der Waals surface area contributed by atoms with Crippen molar-refractivity contribution < 1.29 is 18.0 Å². The number of hydrogen-bond acceptors (Lipinski definition) is 3. The highest BCUT2D eigenvalue weighted by atomic mass is 19.2. The van der Waals surface area contributed by atoms with E-state index in [9.17, 15) is 18.0 Å². The number of amides is 1. The van der Waals surface area contributed by atoms with Crippen LogP contribution in [0, 0.1) is 17.5 Å². The SMILES string of the molecule is O=C1NNC(c2ccc(F)c(F)c2F)=NC12CCCCC2. The topological polar surface area (TPSA) is 53.5 Å². The molecule has 2 aliphatic rings. The Balaban J connectivity index is 2.04. The van der Waals surface area contributed by atoms with E-state index >= 15 is 0 Å². The maximum atomic E-state index is 13.9. The van der Waals surface area contributed by atoms with Gasteiger partial charge >= 0.3 is 0 Å². The Bertz CT molecular complexity index is 624. The highest BCUT2D eigenvalue weighted by molar-refractivity contribution is 6.05. The van der Waals surface area contributed by atoms with Crippen molar-refractivity contribution in [2.24, 2.45) is 4.99 Å². The zero-order valence-electron chi connectivity index (χ0n) is 11.2. The minimum atomic E-state index is -1.55. The molecular formula is C14H14F3N3O. The predicted octanol–water partition coefficient (Wildman–Crippen LogP) is 2.19. The Kier molecular flexibility index (Phi) is 3.35. The molecular weight excluding hydrogens is 283 g/mol. The number of benzene rings is 1. The molecule has 1 aromatic carbocycles. The van der Waals surface area contributed by atoms with Crippen molar-refractivity contribution in [3.63, 3.8) is 0 Å². The number of carbonyl (C=O) groups excluding carboxylic acids is 1. The number of nitrogens with zero attached hydrogens (tertiary/aromatic N) is 1. The summed E-state index contributed by atoms with van der Waals surface area (Å²) in [5, 5.41) is 0. The Morgan fingerprint density at radius 1 is 1.00 bits per heavy atom. The fourth-order valence-electron chi connectivity index (χ4n) is 2.84. The van der Waals surface area contributed by atoms with Crippen LogP contribution in [-0.4, -0.2) is 17.3 Å². The third-order valence-corrected chi connectivity index (χ3v) is 4.01. The summed E-state index contributed by atoms with van der Waals surface area (Å²) in [6.07, 6.45) is 3.85. The fourth-order valence-corrected chi connectivity index (χ4v) is 2.84. The van der Waals surface area contributed by atoms with Gasteiger partial charge in [0.25, 0.3) is 5.91 Å². The van der Waals surface area contributed by atoms with Crippen LogP contribution in [-0.2, 0) is 4.79 Å². The van der Waals surface area contributed by atoms with E-state index < -0.39 is 23.0 Å². The van der Waals surface area contributed by atoms with Gasteiger partial charge in [-0.15, -0.1) is 0 Å². The van der Waals surface area contributed by atoms with Crippen molar-refractivity contribution >= 4 is 11.7 Å². The van der Waals surface area contributed by atoms with Gasteiger partial charge in [-0.05, 0) is 25.0 Å². The maximum absolute atomic E-state index is 13.9. The fraction of sp³-hybridized carbons (Fsp3) is 0.429. The number of hydrazine groups is 1. The lowest BCUT2D eigenvalue weighted by molar-refractivity contribution is -0.128. The lowest BCUT2D eigenvalue weighted by atomic mass is 9.81. The van der Waals surface area contributed by atoms with Crippen molar-refractivity contribution in [2.75, 3.05) is 0 Å². The van der Waals surface area contributed by atoms with Crippen molar-refractivity contribution in [1.82, 2.24) is 10.9 Å². The van der Waals surface area contributed by atoms with Gasteiger partial charge in [0.05, 0.1) is 5.56 Å². The number of halogens is 3. The quantitative estimate of drug-likeness (QED) is 0.781. The van der Waals surface area contributed by atoms with Gasteiger partial charge in [-0.2, -0.15) is 0 Å². The minimum absolute atomic E-state index is 0.0212. The molecule has 0 aromatic heterocycles. The van der Waals surface area contributed by atoms with Crippen LogP contribution < -0.4 is 10.9 Å². The molecule has 1 heterocycles. The molecule has 3 rings (SSSR count). The molecule has 0 saturated heterocycles. The largest absolute Gasteiger partial charge is 0.281 e. The van der Waals surface area contributed by atoms with Crippen LogP contribution in [0.15, 0.2) is 17.1 Å². The molecule has 4 nitrogen and oxygen atoms in total. The summed E-state index contributed by atoms with van der Waals surface area (Å²) in [5.41, 5.74) is 3.79. The van der Waals surface area contributed by atoms with Crippen LogP contribution in [0.3, 0.4) is 0 Å². The lowest BCUT2D eigenvalue weighted by Gasteiger charge is -2.36. The predicted molar refractivity (Wildman–Crippen MR) is 69.9 cm³/mol. The highest BCUT2D eigenvalue weighted by Crippen LogP contribution is 2.33. The second-order valence-corrected chi connectivity index (χ2v) is 5.35. The lowest BCUT2D eigenvalue weighted by Crippen LogP contribution is -2.58. The van der Waals surface area contributed by atoms with Gasteiger partial charge in [-0.1, -0.05) is 19.3 Å². The van der Waals surface area contributed by atoms with Crippen LogP contribution in [0.2, 0.25) is 0 Å². The molecule has 1 aliphatic carbocycles. The Morgan fingerprint density at radius 3 is 2.43 bits per heavy atom. The van der Waals surface area contributed by atoms with E-state index in [1.54, 1.807) is 0 Å². The second-order valence-electron chi connectivity index (χ2n) is 5.35. The average molecular weight is 297 g/mol. The number of carbonyl (C=O) groups is 1. The summed E-state index contributed by atoms with van der Waals surface area (Å²) < 4.78 is 40.2. The van der Waals surface area contributed by atoms with E-state index in [2.05, 4.69) is 15.8 Å². The van der Waals surface area contributed by atoms with Crippen molar-refractivity contribution in [3.05, 3.63) is 35.1 Å². The summed E-state index contributed by atoms with van der Waals surface area (Å²) in [6.45, 7) is 0. The average Bonchev–Trinajstić information content (AvgIpc) is 2.49. The number of rotatable bonds is 1. The third-order valence-electron chi connectivity index (χ3n) is 4.01. The van der Waals surface area contributed by atoms with E-state index in [4.69, 9.17) is 0 Å². The molecule has 1 spiro atoms. The summed E-state index contributed by atoms with van der Waals surface area (Å²) >= 11 is 0. The molecule has 1 amide bonds. The molecule has 1 aliphatic heterocycles. The van der Waals surface area contributed by atoms with Crippen LogP contribution in [0.5, 0.6) is 0 Å². The van der Waals surface area contributed by atoms with E-state index in [-0.39, 0.29) is 17.3 Å². The van der Waals surface area contributed by atoms with Gasteiger partial charge in [0.1, 0.15) is 5.54 Å². The normalized spacial score (nSPS) is 20.7. The first-order valence-corrected chi connectivity index (χ1v) is 6.84. The molecule has 0 unspecified atom stereocenters. The first-order chi connectivity index (χ1) is 10.0. The number of aliphatic imine (C=N–C) groups is 1.